The quantitative estimate of drug-likeness (QED) is 0.858. The lowest BCUT2D eigenvalue weighted by molar-refractivity contribution is 0.0595. The zero-order valence-electron chi connectivity index (χ0n) is 11.8. The van der Waals surface area contributed by atoms with E-state index in [-0.39, 0.29) is 0 Å². The van der Waals surface area contributed by atoms with Gasteiger partial charge >= 0.3 is 0 Å². The Bertz CT molecular complexity index is 389. The Morgan fingerprint density at radius 2 is 2.26 bits per heavy atom. The summed E-state index contributed by atoms with van der Waals surface area (Å²) in [4.78, 5) is 0. The number of hydrogen-bond acceptors (Lipinski definition) is 4. The van der Waals surface area contributed by atoms with Crippen LogP contribution in [0, 0.1) is 5.92 Å². The maximum Gasteiger partial charge on any atom is 0.162 e. The summed E-state index contributed by atoms with van der Waals surface area (Å²) in [6, 6.07) is 5.95. The summed E-state index contributed by atoms with van der Waals surface area (Å²) in [5.41, 5.74) is 1.06. The topological polar surface area (TPSA) is 39.7 Å². The maximum absolute atomic E-state index is 5.50. The van der Waals surface area contributed by atoms with Crippen LogP contribution in [0.5, 0.6) is 11.5 Å². The molecule has 1 N–H and O–H groups in total. The molecule has 1 saturated heterocycles. The van der Waals surface area contributed by atoms with Crippen molar-refractivity contribution in [3.8, 4) is 11.5 Å². The molecule has 0 bridgehead atoms. The Hall–Kier alpha value is -1.42. The minimum atomic E-state index is 0.603. The number of hydrogen-bond donors (Lipinski definition) is 1. The van der Waals surface area contributed by atoms with Gasteiger partial charge < -0.3 is 19.5 Å². The average molecular weight is 265 g/mol. The van der Waals surface area contributed by atoms with Crippen molar-refractivity contribution in [2.24, 2.45) is 5.92 Å². The molecule has 1 aromatic rings. The first-order valence-corrected chi connectivity index (χ1v) is 6.96. The van der Waals surface area contributed by atoms with Gasteiger partial charge in [-0.05, 0) is 37.8 Å². The molecule has 4 heteroatoms. The van der Waals surface area contributed by atoms with Crippen LogP contribution in [0.25, 0.3) is 0 Å². The zero-order chi connectivity index (χ0) is 13.5. The Balaban J connectivity index is 1.92. The normalized spacial score (nSPS) is 18.9. The van der Waals surface area contributed by atoms with Crippen molar-refractivity contribution in [3.63, 3.8) is 0 Å². The standard InChI is InChI=1S/C15H23NO3/c1-3-19-14-7-6-13(9-15(14)17-2)16-10-12-5-4-8-18-11-12/h6-7,9,12,16H,3-5,8,10-11H2,1-2H3. The van der Waals surface area contributed by atoms with Crippen LogP contribution >= 0.6 is 0 Å². The molecule has 0 aliphatic carbocycles. The van der Waals surface area contributed by atoms with Crippen molar-refractivity contribution in [1.29, 1.82) is 0 Å². The Morgan fingerprint density at radius 3 is 2.95 bits per heavy atom. The first-order chi connectivity index (χ1) is 9.33. The molecule has 1 unspecified atom stereocenters. The monoisotopic (exact) mass is 265 g/mol. The van der Waals surface area contributed by atoms with Crippen LogP contribution in [0.1, 0.15) is 19.8 Å². The molecule has 0 saturated carbocycles. The first-order valence-electron chi connectivity index (χ1n) is 6.96. The molecule has 106 valence electrons. The fraction of sp³-hybridized carbons (Fsp3) is 0.600. The minimum absolute atomic E-state index is 0.603. The third-order valence-electron chi connectivity index (χ3n) is 3.31. The largest absolute Gasteiger partial charge is 0.493 e. The van der Waals surface area contributed by atoms with Crippen LogP contribution < -0.4 is 14.8 Å². The predicted molar refractivity (Wildman–Crippen MR) is 76.2 cm³/mol. The molecule has 1 atom stereocenters. The van der Waals surface area contributed by atoms with Crippen LogP contribution in [0.3, 0.4) is 0 Å². The highest BCUT2D eigenvalue weighted by Crippen LogP contribution is 2.30. The Kier molecular flexibility index (Phi) is 5.33. The van der Waals surface area contributed by atoms with Gasteiger partial charge in [-0.1, -0.05) is 0 Å². The maximum atomic E-state index is 5.50. The van der Waals surface area contributed by atoms with Crippen molar-refractivity contribution < 1.29 is 14.2 Å². The van der Waals surface area contributed by atoms with E-state index in [4.69, 9.17) is 14.2 Å². The van der Waals surface area contributed by atoms with Crippen molar-refractivity contribution in [2.45, 2.75) is 19.8 Å². The predicted octanol–water partition coefficient (Wildman–Crippen LogP) is 2.93. The van der Waals surface area contributed by atoms with Crippen LogP contribution in [-0.4, -0.2) is 33.5 Å². The van der Waals surface area contributed by atoms with E-state index in [9.17, 15) is 0 Å². The summed E-state index contributed by atoms with van der Waals surface area (Å²) in [7, 11) is 1.66. The van der Waals surface area contributed by atoms with E-state index in [2.05, 4.69) is 5.32 Å². The first kappa shape index (κ1) is 14.0. The molecular formula is C15H23NO3. The molecule has 1 aliphatic rings. The fourth-order valence-corrected chi connectivity index (χ4v) is 2.28. The third kappa shape index (κ3) is 4.03. The van der Waals surface area contributed by atoms with Gasteiger partial charge in [0.25, 0.3) is 0 Å². The zero-order valence-corrected chi connectivity index (χ0v) is 11.8. The number of anilines is 1. The number of methoxy groups -OCH3 is 1. The smallest absolute Gasteiger partial charge is 0.162 e. The second-order valence-electron chi connectivity index (χ2n) is 4.76. The molecule has 19 heavy (non-hydrogen) atoms. The minimum Gasteiger partial charge on any atom is -0.493 e. The molecule has 1 aromatic carbocycles. The van der Waals surface area contributed by atoms with Gasteiger partial charge in [-0.15, -0.1) is 0 Å². The number of ether oxygens (including phenoxy) is 3. The highest BCUT2D eigenvalue weighted by molar-refractivity contribution is 5.54. The van der Waals surface area contributed by atoms with Crippen LogP contribution in [0.4, 0.5) is 5.69 Å². The highest BCUT2D eigenvalue weighted by atomic mass is 16.5. The molecule has 0 amide bonds. The van der Waals surface area contributed by atoms with E-state index in [1.807, 2.05) is 25.1 Å². The number of rotatable bonds is 6. The van der Waals surface area contributed by atoms with E-state index in [0.29, 0.717) is 12.5 Å². The van der Waals surface area contributed by atoms with Gasteiger partial charge in [0, 0.05) is 24.9 Å². The SMILES string of the molecule is CCOc1ccc(NCC2CCCOC2)cc1OC. The lowest BCUT2D eigenvalue weighted by Crippen LogP contribution is -2.24. The van der Waals surface area contributed by atoms with Crippen LogP contribution in [0.15, 0.2) is 18.2 Å². The number of benzene rings is 1. The summed E-state index contributed by atoms with van der Waals surface area (Å²) in [5.74, 6) is 2.16. The molecule has 1 heterocycles. The molecule has 4 nitrogen and oxygen atoms in total. The molecule has 1 fully saturated rings. The molecule has 2 rings (SSSR count). The van der Waals surface area contributed by atoms with E-state index in [0.717, 1.165) is 36.9 Å². The van der Waals surface area contributed by atoms with Crippen molar-refractivity contribution >= 4 is 5.69 Å². The van der Waals surface area contributed by atoms with Gasteiger partial charge in [0.1, 0.15) is 0 Å². The van der Waals surface area contributed by atoms with Crippen LogP contribution in [-0.2, 0) is 4.74 Å². The van der Waals surface area contributed by atoms with Gasteiger partial charge in [0.05, 0.1) is 20.3 Å². The second-order valence-corrected chi connectivity index (χ2v) is 4.76. The molecular weight excluding hydrogens is 242 g/mol. The van der Waals surface area contributed by atoms with Gasteiger partial charge in [-0.3, -0.25) is 0 Å². The summed E-state index contributed by atoms with van der Waals surface area (Å²) >= 11 is 0. The molecule has 1 aliphatic heterocycles. The molecule has 0 spiro atoms. The van der Waals surface area contributed by atoms with Gasteiger partial charge in [0.15, 0.2) is 11.5 Å². The summed E-state index contributed by atoms with van der Waals surface area (Å²) in [6.07, 6.45) is 2.40. The molecule has 0 radical (unpaired) electrons. The lowest BCUT2D eigenvalue weighted by Gasteiger charge is -2.23. The van der Waals surface area contributed by atoms with E-state index >= 15 is 0 Å². The highest BCUT2D eigenvalue weighted by Gasteiger charge is 2.13. The van der Waals surface area contributed by atoms with Gasteiger partial charge in [-0.25, -0.2) is 0 Å². The Labute approximate surface area is 115 Å². The van der Waals surface area contributed by atoms with E-state index < -0.39 is 0 Å². The third-order valence-corrected chi connectivity index (χ3v) is 3.31. The Morgan fingerprint density at radius 1 is 1.37 bits per heavy atom. The van der Waals surface area contributed by atoms with Gasteiger partial charge in [0.2, 0.25) is 0 Å². The van der Waals surface area contributed by atoms with E-state index in [1.54, 1.807) is 7.11 Å². The van der Waals surface area contributed by atoms with Crippen LogP contribution in [0.2, 0.25) is 0 Å². The van der Waals surface area contributed by atoms with Crippen molar-refractivity contribution in [2.75, 3.05) is 38.8 Å². The molecule has 0 aromatic heterocycles. The number of nitrogens with one attached hydrogen (secondary N) is 1. The van der Waals surface area contributed by atoms with Crippen molar-refractivity contribution in [1.82, 2.24) is 0 Å². The lowest BCUT2D eigenvalue weighted by atomic mass is 10.0. The van der Waals surface area contributed by atoms with Crippen molar-refractivity contribution in [3.05, 3.63) is 18.2 Å². The summed E-state index contributed by atoms with van der Waals surface area (Å²) in [5, 5.41) is 3.44. The average Bonchev–Trinajstić information content (AvgIpc) is 2.47. The summed E-state index contributed by atoms with van der Waals surface area (Å²) in [6.45, 7) is 5.32. The van der Waals surface area contributed by atoms with Gasteiger partial charge in [-0.2, -0.15) is 0 Å². The fourth-order valence-electron chi connectivity index (χ4n) is 2.28. The second kappa shape index (κ2) is 7.24. The van der Waals surface area contributed by atoms with E-state index in [1.165, 1.54) is 12.8 Å². The summed E-state index contributed by atoms with van der Waals surface area (Å²) < 4.78 is 16.3.